The molecule has 68 heavy (non-hydrogen) atoms. The summed E-state index contributed by atoms with van der Waals surface area (Å²) < 4.78 is 21.7. The van der Waals surface area contributed by atoms with Gasteiger partial charge in [-0.05, 0) is 91.6 Å². The number of likely N-dealkylation sites (tertiary alicyclic amines) is 1. The first-order valence-corrected chi connectivity index (χ1v) is 22.9. The van der Waals surface area contributed by atoms with Gasteiger partial charge in [0.15, 0.2) is 0 Å². The monoisotopic (exact) mass is 922 g/mol. The molecule has 4 N–H and O–H groups in total. The number of aromatic amines is 2. The molecule has 1 fully saturated rings. The second-order valence-corrected chi connectivity index (χ2v) is 17.6. The van der Waals surface area contributed by atoms with E-state index in [0.717, 1.165) is 74.6 Å². The molecule has 4 amide bonds. The maximum atomic E-state index is 14.4. The molecule has 0 saturated carbocycles. The summed E-state index contributed by atoms with van der Waals surface area (Å²) in [5.41, 5.74) is 10.0. The number of nitrogens with zero attached hydrogens (tertiary/aromatic N) is 4. The summed E-state index contributed by atoms with van der Waals surface area (Å²) in [5, 5.41) is 5.38. The molecule has 7 atom stereocenters. The zero-order valence-corrected chi connectivity index (χ0v) is 39.5. The van der Waals surface area contributed by atoms with Gasteiger partial charge in [0, 0.05) is 48.4 Å². The molecule has 1 aliphatic carbocycles. The lowest BCUT2D eigenvalue weighted by molar-refractivity contribution is -0.139. The highest BCUT2D eigenvalue weighted by molar-refractivity contribution is 5.89. The van der Waals surface area contributed by atoms with Gasteiger partial charge >= 0.3 is 12.2 Å². The van der Waals surface area contributed by atoms with E-state index in [2.05, 4.69) is 63.4 Å². The van der Waals surface area contributed by atoms with Crippen LogP contribution in [0.3, 0.4) is 0 Å². The molecule has 1 saturated heterocycles. The van der Waals surface area contributed by atoms with Crippen LogP contribution in [-0.4, -0.2) is 100 Å². The van der Waals surface area contributed by atoms with Crippen molar-refractivity contribution in [3.8, 4) is 51.7 Å². The molecular weight excluding hydrogens is 865 g/mol. The van der Waals surface area contributed by atoms with Crippen molar-refractivity contribution in [2.24, 2.45) is 11.8 Å². The summed E-state index contributed by atoms with van der Waals surface area (Å²) in [4.78, 5) is 73.8. The van der Waals surface area contributed by atoms with Crippen molar-refractivity contribution in [1.82, 2.24) is 40.4 Å². The summed E-state index contributed by atoms with van der Waals surface area (Å²) in [6.45, 7) is 13.1. The quantitative estimate of drug-likeness (QED) is 0.0637. The highest BCUT2D eigenvalue weighted by atomic mass is 16.5. The molecule has 8 rings (SSSR count). The number of imidazole rings is 2. The third-order valence-electron chi connectivity index (χ3n) is 13.5. The molecule has 16 nitrogen and oxygen atoms in total. The molecule has 3 aromatic carbocycles. The first kappa shape index (κ1) is 47.1. The first-order chi connectivity index (χ1) is 32.8. The van der Waals surface area contributed by atoms with Gasteiger partial charge in [-0.3, -0.25) is 9.59 Å². The number of benzene rings is 3. The van der Waals surface area contributed by atoms with E-state index in [1.54, 1.807) is 42.2 Å². The van der Waals surface area contributed by atoms with Crippen LogP contribution >= 0.6 is 0 Å². The lowest BCUT2D eigenvalue weighted by Gasteiger charge is -2.37. The second-order valence-electron chi connectivity index (χ2n) is 17.6. The zero-order chi connectivity index (χ0) is 48.4. The van der Waals surface area contributed by atoms with Crippen LogP contribution in [-0.2, 0) is 43.2 Å². The maximum absolute atomic E-state index is 14.4. The highest BCUT2D eigenvalue weighted by Crippen LogP contribution is 2.46. The largest absolute Gasteiger partial charge is 0.488 e. The summed E-state index contributed by atoms with van der Waals surface area (Å²) in [5.74, 6) is 3.15. The third-order valence-corrected chi connectivity index (χ3v) is 13.5. The van der Waals surface area contributed by atoms with Crippen LogP contribution in [0, 0.1) is 24.2 Å². The van der Waals surface area contributed by atoms with Gasteiger partial charge in [-0.15, -0.1) is 12.3 Å². The van der Waals surface area contributed by atoms with Crippen molar-refractivity contribution in [1.29, 1.82) is 0 Å². The third kappa shape index (κ3) is 8.93. The zero-order valence-electron chi connectivity index (χ0n) is 39.5. The molecule has 3 aliphatic rings. The van der Waals surface area contributed by atoms with E-state index in [9.17, 15) is 19.2 Å². The predicted octanol–water partition coefficient (Wildman–Crippen LogP) is 7.61. The van der Waals surface area contributed by atoms with E-state index in [0.29, 0.717) is 43.4 Å². The number of ether oxygens (including phenoxy) is 4. The summed E-state index contributed by atoms with van der Waals surface area (Å²) in [6, 6.07) is 16.3. The van der Waals surface area contributed by atoms with Crippen molar-refractivity contribution in [2.75, 3.05) is 34.5 Å². The molecule has 0 radical (unpaired) electrons. The lowest BCUT2D eigenvalue weighted by atomic mass is 9.86. The van der Waals surface area contributed by atoms with Crippen LogP contribution in [0.15, 0.2) is 79.0 Å². The normalized spacial score (nSPS) is 17.9. The average Bonchev–Trinajstić information content (AvgIpc) is 4.11. The van der Waals surface area contributed by atoms with Gasteiger partial charge in [0.05, 0.1) is 44.5 Å². The van der Waals surface area contributed by atoms with E-state index in [1.165, 1.54) is 14.2 Å². The molecule has 1 unspecified atom stereocenters. The van der Waals surface area contributed by atoms with Gasteiger partial charge in [-0.2, -0.15) is 0 Å². The van der Waals surface area contributed by atoms with Crippen LogP contribution in [0.2, 0.25) is 0 Å². The maximum Gasteiger partial charge on any atom is 0.407 e. The Morgan fingerprint density at radius 2 is 1.71 bits per heavy atom. The van der Waals surface area contributed by atoms with Crippen molar-refractivity contribution in [2.45, 2.75) is 83.8 Å². The summed E-state index contributed by atoms with van der Waals surface area (Å²) in [6.07, 6.45) is 8.23. The van der Waals surface area contributed by atoms with E-state index in [-0.39, 0.29) is 23.8 Å². The smallest absolute Gasteiger partial charge is 0.407 e. The van der Waals surface area contributed by atoms with Gasteiger partial charge < -0.3 is 49.3 Å². The van der Waals surface area contributed by atoms with Crippen LogP contribution in [0.25, 0.3) is 33.6 Å². The Morgan fingerprint density at radius 3 is 2.41 bits per heavy atom. The van der Waals surface area contributed by atoms with E-state index >= 15 is 0 Å². The minimum absolute atomic E-state index is 0.163. The molecule has 2 aliphatic heterocycles. The van der Waals surface area contributed by atoms with Gasteiger partial charge in [-0.25, -0.2) is 19.6 Å². The average molecular weight is 923 g/mol. The van der Waals surface area contributed by atoms with E-state index in [4.69, 9.17) is 35.3 Å². The Balaban J connectivity index is 1.05. The Bertz CT molecular complexity index is 2780. The van der Waals surface area contributed by atoms with Gasteiger partial charge in [0.1, 0.15) is 42.1 Å². The second kappa shape index (κ2) is 19.8. The topological polar surface area (TPSA) is 193 Å². The minimum atomic E-state index is -1.00. The Hall–Kier alpha value is -7.38. The number of aryl methyl sites for hydroxylation is 2. The van der Waals surface area contributed by atoms with Crippen LogP contribution in [0.1, 0.15) is 86.3 Å². The van der Waals surface area contributed by atoms with Crippen molar-refractivity contribution in [3.05, 3.63) is 113 Å². The number of carbonyl (C=O) groups excluding carboxylic acids is 4. The predicted molar refractivity (Wildman–Crippen MR) is 255 cm³/mol. The summed E-state index contributed by atoms with van der Waals surface area (Å²) in [7, 11) is 4.13. The first-order valence-electron chi connectivity index (χ1n) is 22.9. The number of aromatic nitrogens is 4. The van der Waals surface area contributed by atoms with Crippen molar-refractivity contribution in [3.63, 3.8) is 0 Å². The molecule has 0 bridgehead atoms. The number of hydrogen-bond acceptors (Lipinski definition) is 10. The number of nitrogens with one attached hydrogen (secondary N) is 4. The SMILES string of the molecule is C#CC(C)[C@H](NC(=O)OC)C(=O)N([C@@H](C)CC)[C@@H](C)c1nc2c([nH]1)CCc1cc3c(cc1-2)OCc1cc(-c2cnc([C@@H]4C(=C)[C@H](COC)CN4C(=O)[C@H](NC(=O)OC)c4ccccc4)[nH]2)ccc1-3. The number of hydrogen-bond donors (Lipinski definition) is 4. The number of amides is 4. The van der Waals surface area contributed by atoms with E-state index < -0.39 is 42.3 Å². The molecular formula is C52H58N8O8. The minimum Gasteiger partial charge on any atom is -0.488 e. The van der Waals surface area contributed by atoms with E-state index in [1.807, 2.05) is 39.0 Å². The standard InChI is InChI=1S/C52H58N8O8/c1-10-28(3)43(57-51(63)66-8)50(62)60(29(4)11-2)31(6)47-54-40-20-18-33-22-39-37-19-17-34(21-35(37)27-68-42(39)23-38(33)45(40)56-47)41-24-53-48(55-41)46-30(5)36(26-65-7)25-59(46)49(61)44(58-52(64)67-9)32-15-13-12-14-16-32/h1,12-17,19,21-24,28-29,31,36,43-44,46H,5,11,18,20,25-27H2,2-4,6-9H3,(H,53,55)(H,54,56)(H,57,63)(H,58,64)/t28?,29-,31-,36-,43-,44+,46-/m0/s1. The Labute approximate surface area is 396 Å². The Morgan fingerprint density at radius 1 is 0.956 bits per heavy atom. The fourth-order valence-electron chi connectivity index (χ4n) is 9.62. The van der Waals surface area contributed by atoms with Crippen LogP contribution in [0.5, 0.6) is 5.75 Å². The number of methoxy groups -OCH3 is 3. The summed E-state index contributed by atoms with van der Waals surface area (Å²) >= 11 is 0. The fourth-order valence-corrected chi connectivity index (χ4v) is 9.62. The molecule has 0 spiro atoms. The molecule has 5 aromatic rings. The Kier molecular flexibility index (Phi) is 13.7. The number of H-pyrrole nitrogens is 2. The number of fused-ring (bicyclic) bond motifs is 6. The number of rotatable bonds is 14. The lowest BCUT2D eigenvalue weighted by Crippen LogP contribution is -2.54. The number of carbonyl (C=O) groups is 4. The molecule has 2 aromatic heterocycles. The number of alkyl carbamates (subject to hydrolysis) is 2. The molecule has 354 valence electrons. The van der Waals surface area contributed by atoms with Gasteiger partial charge in [-0.1, -0.05) is 56.0 Å². The number of terminal acetylenes is 1. The molecule has 16 heteroatoms. The van der Waals surface area contributed by atoms with Crippen LogP contribution < -0.4 is 15.4 Å². The van der Waals surface area contributed by atoms with Crippen molar-refractivity contribution < 1.29 is 38.1 Å². The van der Waals surface area contributed by atoms with Crippen LogP contribution in [0.4, 0.5) is 9.59 Å². The van der Waals surface area contributed by atoms with Gasteiger partial charge in [0.25, 0.3) is 5.91 Å². The molecule has 4 heterocycles. The highest BCUT2D eigenvalue weighted by Gasteiger charge is 2.44. The fraction of sp³-hybridized carbons (Fsp3) is 0.385. The van der Waals surface area contributed by atoms with Gasteiger partial charge in [0.2, 0.25) is 5.91 Å². The van der Waals surface area contributed by atoms with Crippen molar-refractivity contribution >= 4 is 24.0 Å².